The molecule has 162 valence electrons. The smallest absolute Gasteiger partial charge is 0.245 e. The minimum atomic E-state index is -0.158. The maximum absolute atomic E-state index is 12.7. The number of anilines is 2. The van der Waals surface area contributed by atoms with Gasteiger partial charge in [0.1, 0.15) is 18.0 Å². The number of nitrogens with zero attached hydrogens (tertiary/aromatic N) is 7. The molecule has 1 fully saturated rings. The summed E-state index contributed by atoms with van der Waals surface area (Å²) in [5, 5.41) is 3.92. The minimum Gasteiger partial charge on any atom is -0.368 e. The van der Waals surface area contributed by atoms with Crippen molar-refractivity contribution in [2.45, 2.75) is 6.54 Å². The second kappa shape index (κ2) is 8.72. The number of hydrogen-bond acceptors (Lipinski definition) is 7. The van der Waals surface area contributed by atoms with E-state index >= 15 is 0 Å². The van der Waals surface area contributed by atoms with Crippen molar-refractivity contribution in [3.8, 4) is 11.3 Å². The molecule has 1 N–H and O–H groups in total. The van der Waals surface area contributed by atoms with Gasteiger partial charge in [-0.25, -0.2) is 9.97 Å². The molecule has 5 rings (SSSR count). The van der Waals surface area contributed by atoms with Crippen molar-refractivity contribution in [3.05, 3.63) is 61.4 Å². The summed E-state index contributed by atoms with van der Waals surface area (Å²) < 4.78 is 1.87. The highest BCUT2D eigenvalue weighted by atomic mass is 16.2. The van der Waals surface area contributed by atoms with Crippen molar-refractivity contribution in [1.29, 1.82) is 0 Å². The predicted molar refractivity (Wildman–Crippen MR) is 123 cm³/mol. The average Bonchev–Trinajstić information content (AvgIpc) is 3.23. The lowest BCUT2D eigenvalue weighted by atomic mass is 10.2. The first kappa shape index (κ1) is 20.1. The molecule has 9 nitrogen and oxygen atoms in total. The van der Waals surface area contributed by atoms with Crippen LogP contribution in [-0.4, -0.2) is 68.5 Å². The van der Waals surface area contributed by atoms with E-state index < -0.39 is 0 Å². The van der Waals surface area contributed by atoms with E-state index in [1.165, 1.54) is 5.69 Å². The Bertz CT molecular complexity index is 1210. The van der Waals surface area contributed by atoms with E-state index in [4.69, 9.17) is 0 Å². The molecule has 0 aliphatic carbocycles. The Morgan fingerprint density at radius 3 is 2.59 bits per heavy atom. The fourth-order valence-electron chi connectivity index (χ4n) is 3.93. The quantitative estimate of drug-likeness (QED) is 0.521. The van der Waals surface area contributed by atoms with Crippen LogP contribution in [0.1, 0.15) is 0 Å². The lowest BCUT2D eigenvalue weighted by Crippen LogP contribution is -2.44. The van der Waals surface area contributed by atoms with Gasteiger partial charge in [0, 0.05) is 73.8 Å². The number of pyridine rings is 2. The van der Waals surface area contributed by atoms with E-state index in [0.717, 1.165) is 48.5 Å². The number of likely N-dealkylation sites (N-methyl/N-ethyl adjacent to an activating group) is 1. The Morgan fingerprint density at radius 2 is 1.84 bits per heavy atom. The first-order chi connectivity index (χ1) is 15.7. The molecule has 1 amide bonds. The molecule has 0 spiro atoms. The first-order valence-corrected chi connectivity index (χ1v) is 10.6. The molecule has 1 saturated heterocycles. The number of carbonyl (C=O) groups excluding carboxylic acids is 1. The number of carbonyl (C=O) groups is 1. The number of aromatic nitrogens is 5. The number of amides is 1. The van der Waals surface area contributed by atoms with E-state index in [2.05, 4.69) is 48.2 Å². The minimum absolute atomic E-state index is 0.158. The summed E-state index contributed by atoms with van der Waals surface area (Å²) in [7, 11) is 2.15. The van der Waals surface area contributed by atoms with Crippen LogP contribution in [0.3, 0.4) is 0 Å². The largest absolute Gasteiger partial charge is 0.368 e. The molecular formula is C23H24N8O. The van der Waals surface area contributed by atoms with Crippen LogP contribution in [0, 0.1) is 0 Å². The first-order valence-electron chi connectivity index (χ1n) is 10.6. The van der Waals surface area contributed by atoms with Crippen molar-refractivity contribution in [2.75, 3.05) is 43.4 Å². The molecular weight excluding hydrogens is 404 g/mol. The van der Waals surface area contributed by atoms with E-state index in [1.54, 1.807) is 30.9 Å². The zero-order valence-electron chi connectivity index (χ0n) is 17.8. The van der Waals surface area contributed by atoms with Crippen LogP contribution in [-0.2, 0) is 11.3 Å². The summed E-state index contributed by atoms with van der Waals surface area (Å²) in [6.07, 6.45) is 10.3. The topological polar surface area (TPSA) is 92.1 Å². The zero-order chi connectivity index (χ0) is 21.9. The molecule has 0 saturated carbocycles. The third kappa shape index (κ3) is 4.15. The van der Waals surface area contributed by atoms with E-state index in [-0.39, 0.29) is 12.5 Å². The van der Waals surface area contributed by atoms with Crippen LogP contribution >= 0.6 is 0 Å². The highest BCUT2D eigenvalue weighted by Gasteiger charge is 2.18. The van der Waals surface area contributed by atoms with Crippen LogP contribution in [0.2, 0.25) is 0 Å². The van der Waals surface area contributed by atoms with Crippen molar-refractivity contribution in [1.82, 2.24) is 29.4 Å². The number of piperazine rings is 1. The van der Waals surface area contributed by atoms with Gasteiger partial charge in [0.2, 0.25) is 5.91 Å². The SMILES string of the molecule is CN1CCN(c2ccnc3c2ccn3CC(=O)Nc2ccc(-c3cnccn3)cn2)CC1. The maximum atomic E-state index is 12.7. The van der Waals surface area contributed by atoms with Gasteiger partial charge >= 0.3 is 0 Å². The Labute approximate surface area is 185 Å². The molecule has 1 aliphatic rings. The predicted octanol–water partition coefficient (Wildman–Crippen LogP) is 2.28. The Balaban J connectivity index is 1.28. The molecule has 0 radical (unpaired) electrons. The summed E-state index contributed by atoms with van der Waals surface area (Å²) in [6.45, 7) is 4.20. The standard InChI is InChI=1S/C23H24N8O/c1-29-10-12-30(13-11-29)20-4-6-26-23-18(20)5-9-31(23)16-22(32)28-21-3-2-17(14-27-21)19-15-24-7-8-25-19/h2-9,14-15H,10-13,16H2,1H3,(H,27,28,32). The average molecular weight is 429 g/mol. The molecule has 4 aromatic heterocycles. The molecule has 1 aliphatic heterocycles. The van der Waals surface area contributed by atoms with Crippen LogP contribution in [0.5, 0.6) is 0 Å². The van der Waals surface area contributed by atoms with Crippen LogP contribution in [0.15, 0.2) is 61.4 Å². The van der Waals surface area contributed by atoms with Crippen LogP contribution in [0.4, 0.5) is 11.5 Å². The molecule has 4 aromatic rings. The third-order valence-electron chi connectivity index (χ3n) is 5.69. The summed E-state index contributed by atoms with van der Waals surface area (Å²) in [6, 6.07) is 7.72. The molecule has 5 heterocycles. The van der Waals surface area contributed by atoms with Crippen molar-refractivity contribution in [2.24, 2.45) is 0 Å². The van der Waals surface area contributed by atoms with Gasteiger partial charge < -0.3 is 19.7 Å². The number of fused-ring (bicyclic) bond motifs is 1. The summed E-state index contributed by atoms with van der Waals surface area (Å²) in [5.74, 6) is 0.333. The zero-order valence-corrected chi connectivity index (χ0v) is 17.8. The number of rotatable bonds is 5. The third-order valence-corrected chi connectivity index (χ3v) is 5.69. The highest BCUT2D eigenvalue weighted by Crippen LogP contribution is 2.27. The maximum Gasteiger partial charge on any atom is 0.245 e. The lowest BCUT2D eigenvalue weighted by molar-refractivity contribution is -0.116. The van der Waals surface area contributed by atoms with E-state index in [9.17, 15) is 4.79 Å². The van der Waals surface area contributed by atoms with Gasteiger partial charge in [0.05, 0.1) is 11.9 Å². The molecule has 0 unspecified atom stereocenters. The fourth-order valence-corrected chi connectivity index (χ4v) is 3.93. The van der Waals surface area contributed by atoms with Crippen molar-refractivity contribution < 1.29 is 4.79 Å². The van der Waals surface area contributed by atoms with Gasteiger partial charge in [0.25, 0.3) is 0 Å². The van der Waals surface area contributed by atoms with E-state index in [0.29, 0.717) is 5.82 Å². The van der Waals surface area contributed by atoms with Gasteiger partial charge in [-0.3, -0.25) is 14.8 Å². The van der Waals surface area contributed by atoms with Crippen LogP contribution in [0.25, 0.3) is 22.3 Å². The highest BCUT2D eigenvalue weighted by molar-refractivity contribution is 5.93. The lowest BCUT2D eigenvalue weighted by Gasteiger charge is -2.34. The fraction of sp³-hybridized carbons (Fsp3) is 0.261. The van der Waals surface area contributed by atoms with Crippen LogP contribution < -0.4 is 10.2 Å². The van der Waals surface area contributed by atoms with E-state index in [1.807, 2.05) is 29.1 Å². The van der Waals surface area contributed by atoms with Crippen molar-refractivity contribution >= 4 is 28.4 Å². The molecule has 0 aromatic carbocycles. The molecule has 9 heteroatoms. The second-order valence-corrected chi connectivity index (χ2v) is 7.87. The normalized spacial score (nSPS) is 14.6. The monoisotopic (exact) mass is 428 g/mol. The van der Waals surface area contributed by atoms with Gasteiger partial charge in [-0.05, 0) is 31.3 Å². The molecule has 0 bridgehead atoms. The number of hydrogen-bond donors (Lipinski definition) is 1. The Kier molecular flexibility index (Phi) is 5.47. The molecule has 0 atom stereocenters. The second-order valence-electron chi connectivity index (χ2n) is 7.87. The van der Waals surface area contributed by atoms with Gasteiger partial charge in [-0.2, -0.15) is 0 Å². The van der Waals surface area contributed by atoms with Crippen molar-refractivity contribution in [3.63, 3.8) is 0 Å². The van der Waals surface area contributed by atoms with Gasteiger partial charge in [-0.1, -0.05) is 0 Å². The Morgan fingerprint density at radius 1 is 0.969 bits per heavy atom. The summed E-state index contributed by atoms with van der Waals surface area (Å²) in [5.41, 5.74) is 3.55. The van der Waals surface area contributed by atoms with Gasteiger partial charge in [0.15, 0.2) is 0 Å². The molecule has 32 heavy (non-hydrogen) atoms. The Hall–Kier alpha value is -3.85. The summed E-state index contributed by atoms with van der Waals surface area (Å²) >= 11 is 0. The number of nitrogens with one attached hydrogen (secondary N) is 1. The van der Waals surface area contributed by atoms with Gasteiger partial charge in [-0.15, -0.1) is 0 Å². The summed E-state index contributed by atoms with van der Waals surface area (Å²) in [4.78, 5) is 34.6.